The lowest BCUT2D eigenvalue weighted by Crippen LogP contribution is -2.08. The smallest absolute Gasteiger partial charge is 0.304 e. The van der Waals surface area contributed by atoms with Crippen LogP contribution in [-0.4, -0.2) is 16.2 Å². The number of carboxylic acids is 1. The van der Waals surface area contributed by atoms with Crippen molar-refractivity contribution in [3.8, 4) is 5.75 Å². The van der Waals surface area contributed by atoms with Crippen molar-refractivity contribution in [3.63, 3.8) is 0 Å². The Morgan fingerprint density at radius 2 is 1.84 bits per heavy atom. The summed E-state index contributed by atoms with van der Waals surface area (Å²) in [6.45, 7) is 0. The summed E-state index contributed by atoms with van der Waals surface area (Å²) in [4.78, 5) is 11.1. The van der Waals surface area contributed by atoms with Crippen LogP contribution in [0.4, 0.5) is 0 Å². The maximum absolute atomic E-state index is 11.1. The Bertz CT molecular complexity index is 581. The van der Waals surface area contributed by atoms with Gasteiger partial charge >= 0.3 is 5.97 Å². The number of aliphatic carboxylic acids is 1. The van der Waals surface area contributed by atoms with Crippen molar-refractivity contribution in [2.45, 2.75) is 12.3 Å². The van der Waals surface area contributed by atoms with Crippen molar-refractivity contribution in [3.05, 3.63) is 64.1 Å². The van der Waals surface area contributed by atoms with Gasteiger partial charge in [-0.3, -0.25) is 4.79 Å². The summed E-state index contributed by atoms with van der Waals surface area (Å²) >= 11 is 3.34. The van der Waals surface area contributed by atoms with Gasteiger partial charge < -0.3 is 10.2 Å². The minimum atomic E-state index is -0.895. The van der Waals surface area contributed by atoms with Crippen LogP contribution in [0.5, 0.6) is 5.75 Å². The molecule has 0 saturated heterocycles. The molecule has 1 atom stereocenters. The molecule has 0 aliphatic heterocycles. The van der Waals surface area contributed by atoms with Crippen LogP contribution in [-0.2, 0) is 4.79 Å². The number of aromatic hydroxyl groups is 1. The molecule has 2 aromatic rings. The van der Waals surface area contributed by atoms with Crippen LogP contribution in [0.2, 0.25) is 0 Å². The topological polar surface area (TPSA) is 57.5 Å². The molecule has 2 rings (SSSR count). The number of hydrogen-bond donors (Lipinski definition) is 2. The van der Waals surface area contributed by atoms with Gasteiger partial charge in [-0.25, -0.2) is 0 Å². The Morgan fingerprint density at radius 3 is 2.47 bits per heavy atom. The lowest BCUT2D eigenvalue weighted by Gasteiger charge is -2.17. The van der Waals surface area contributed by atoms with Gasteiger partial charge in [-0.05, 0) is 23.8 Å². The summed E-state index contributed by atoms with van der Waals surface area (Å²) in [5, 5.41) is 19.0. The van der Waals surface area contributed by atoms with Gasteiger partial charge in [0, 0.05) is 16.0 Å². The SMILES string of the molecule is O=C(O)C[C@@H](c1ccccc1)c1cc(Br)ccc1O. The number of phenolic OH excluding ortho intramolecular Hbond substituents is 1. The van der Waals surface area contributed by atoms with Crippen molar-refractivity contribution in [1.82, 2.24) is 0 Å². The van der Waals surface area contributed by atoms with Gasteiger partial charge in [-0.15, -0.1) is 0 Å². The van der Waals surface area contributed by atoms with Crippen molar-refractivity contribution in [2.24, 2.45) is 0 Å². The highest BCUT2D eigenvalue weighted by atomic mass is 79.9. The van der Waals surface area contributed by atoms with E-state index in [1.54, 1.807) is 18.2 Å². The van der Waals surface area contributed by atoms with Crippen molar-refractivity contribution < 1.29 is 15.0 Å². The van der Waals surface area contributed by atoms with Gasteiger partial charge in [0.1, 0.15) is 5.75 Å². The average molecular weight is 321 g/mol. The largest absolute Gasteiger partial charge is 0.508 e. The molecule has 98 valence electrons. The van der Waals surface area contributed by atoms with E-state index in [1.165, 1.54) is 0 Å². The highest BCUT2D eigenvalue weighted by Gasteiger charge is 2.20. The van der Waals surface area contributed by atoms with Crippen molar-refractivity contribution >= 4 is 21.9 Å². The monoisotopic (exact) mass is 320 g/mol. The van der Waals surface area contributed by atoms with Crippen LogP contribution >= 0.6 is 15.9 Å². The second-order valence-electron chi connectivity index (χ2n) is 4.26. The number of rotatable bonds is 4. The van der Waals surface area contributed by atoms with Gasteiger partial charge in [0.15, 0.2) is 0 Å². The molecule has 0 aliphatic carbocycles. The van der Waals surface area contributed by atoms with Gasteiger partial charge in [0.05, 0.1) is 6.42 Å². The highest BCUT2D eigenvalue weighted by molar-refractivity contribution is 9.10. The molecule has 0 saturated carbocycles. The first-order valence-electron chi connectivity index (χ1n) is 5.83. The van der Waals surface area contributed by atoms with Gasteiger partial charge in [-0.2, -0.15) is 0 Å². The van der Waals surface area contributed by atoms with Crippen molar-refractivity contribution in [1.29, 1.82) is 0 Å². The first kappa shape index (κ1) is 13.6. The number of phenols is 1. The van der Waals surface area contributed by atoms with Gasteiger partial charge in [-0.1, -0.05) is 46.3 Å². The first-order chi connectivity index (χ1) is 9.08. The zero-order chi connectivity index (χ0) is 13.8. The summed E-state index contributed by atoms with van der Waals surface area (Å²) in [5.74, 6) is -1.15. The highest BCUT2D eigenvalue weighted by Crippen LogP contribution is 2.35. The second-order valence-corrected chi connectivity index (χ2v) is 5.18. The zero-order valence-electron chi connectivity index (χ0n) is 10.1. The average Bonchev–Trinajstić information content (AvgIpc) is 2.40. The van der Waals surface area contributed by atoms with E-state index >= 15 is 0 Å². The minimum Gasteiger partial charge on any atom is -0.508 e. The minimum absolute atomic E-state index is 0.0615. The van der Waals surface area contributed by atoms with Crippen LogP contribution in [0, 0.1) is 0 Å². The fourth-order valence-corrected chi connectivity index (χ4v) is 2.45. The molecular weight excluding hydrogens is 308 g/mol. The number of halogens is 1. The molecule has 0 amide bonds. The van der Waals surface area contributed by atoms with Crippen LogP contribution in [0.15, 0.2) is 53.0 Å². The fourth-order valence-electron chi connectivity index (χ4n) is 2.07. The van der Waals surface area contributed by atoms with E-state index in [9.17, 15) is 9.90 Å². The lowest BCUT2D eigenvalue weighted by molar-refractivity contribution is -0.137. The Hall–Kier alpha value is -1.81. The standard InChI is InChI=1S/C15H13BrO3/c16-11-6-7-14(17)13(8-11)12(9-15(18)19)10-4-2-1-3-5-10/h1-8,12,17H,9H2,(H,18,19)/t12-/m0/s1. The summed E-state index contributed by atoms with van der Waals surface area (Å²) in [6, 6.07) is 14.4. The Balaban J connectivity index is 2.48. The van der Waals surface area contributed by atoms with E-state index in [0.717, 1.165) is 10.0 Å². The molecule has 0 heterocycles. The summed E-state index contributed by atoms with van der Waals surface area (Å²) in [5.41, 5.74) is 1.49. The summed E-state index contributed by atoms with van der Waals surface area (Å²) in [7, 11) is 0. The Labute approximate surface area is 119 Å². The maximum Gasteiger partial charge on any atom is 0.304 e. The van der Waals surface area contributed by atoms with Gasteiger partial charge in [0.25, 0.3) is 0 Å². The van der Waals surface area contributed by atoms with E-state index in [0.29, 0.717) is 5.56 Å². The Morgan fingerprint density at radius 1 is 1.16 bits per heavy atom. The predicted molar refractivity (Wildman–Crippen MR) is 76.3 cm³/mol. The lowest BCUT2D eigenvalue weighted by atomic mass is 9.88. The number of hydrogen-bond acceptors (Lipinski definition) is 2. The molecular formula is C15H13BrO3. The van der Waals surface area contributed by atoms with E-state index in [1.807, 2.05) is 30.3 Å². The van der Waals surface area contributed by atoms with E-state index in [2.05, 4.69) is 15.9 Å². The molecule has 0 radical (unpaired) electrons. The predicted octanol–water partition coefficient (Wildman–Crippen LogP) is 3.76. The molecule has 2 aromatic carbocycles. The molecule has 0 unspecified atom stereocenters. The van der Waals surface area contributed by atoms with E-state index in [4.69, 9.17) is 5.11 Å². The third kappa shape index (κ3) is 3.35. The van der Waals surface area contributed by atoms with Gasteiger partial charge in [0.2, 0.25) is 0 Å². The molecule has 0 aromatic heterocycles. The molecule has 19 heavy (non-hydrogen) atoms. The number of carboxylic acid groups (broad SMARTS) is 1. The van der Waals surface area contributed by atoms with Crippen LogP contribution in [0.3, 0.4) is 0 Å². The first-order valence-corrected chi connectivity index (χ1v) is 6.62. The zero-order valence-corrected chi connectivity index (χ0v) is 11.7. The fraction of sp³-hybridized carbons (Fsp3) is 0.133. The molecule has 3 nitrogen and oxygen atoms in total. The maximum atomic E-state index is 11.1. The molecule has 2 N–H and O–H groups in total. The van der Waals surface area contributed by atoms with E-state index in [-0.39, 0.29) is 18.1 Å². The molecule has 0 fully saturated rings. The van der Waals surface area contributed by atoms with Crippen molar-refractivity contribution in [2.75, 3.05) is 0 Å². The quantitative estimate of drug-likeness (QED) is 0.901. The van der Waals surface area contributed by atoms with Crippen LogP contribution in [0.25, 0.3) is 0 Å². The van der Waals surface area contributed by atoms with Crippen LogP contribution < -0.4 is 0 Å². The third-order valence-corrected chi connectivity index (χ3v) is 3.44. The third-order valence-electron chi connectivity index (χ3n) is 2.95. The summed E-state index contributed by atoms with van der Waals surface area (Å²) in [6.07, 6.45) is -0.0615. The second kappa shape index (κ2) is 5.89. The normalized spacial score (nSPS) is 12.1. The molecule has 0 bridgehead atoms. The number of carbonyl (C=O) groups is 1. The number of benzene rings is 2. The van der Waals surface area contributed by atoms with Crippen LogP contribution in [0.1, 0.15) is 23.5 Å². The molecule has 0 spiro atoms. The summed E-state index contributed by atoms with van der Waals surface area (Å²) < 4.78 is 0.812. The van der Waals surface area contributed by atoms with E-state index < -0.39 is 5.97 Å². The Kier molecular flexibility index (Phi) is 4.22. The molecule has 0 aliphatic rings. The molecule has 4 heteroatoms.